The van der Waals surface area contributed by atoms with E-state index in [4.69, 9.17) is 9.15 Å². The van der Waals surface area contributed by atoms with E-state index in [2.05, 4.69) is 11.1 Å². The second-order valence-corrected chi connectivity index (χ2v) is 7.18. The number of ether oxygens (including phenoxy) is 1. The highest BCUT2D eigenvalue weighted by molar-refractivity contribution is 5.94. The standard InChI is InChI=1S/C24H21FN4O3/c1-31-21-5-3-2-4-17(21)8-11-22-27-20(16-26)24(32-22)29-14-12-28(13-15-29)23(30)18-6-9-19(25)10-7-18/h2-11H,12-15H2,1H3/b11-8+. The van der Waals surface area contributed by atoms with Gasteiger partial charge in [0.2, 0.25) is 17.5 Å². The second-order valence-electron chi connectivity index (χ2n) is 7.18. The lowest BCUT2D eigenvalue weighted by Gasteiger charge is -2.34. The van der Waals surface area contributed by atoms with E-state index in [-0.39, 0.29) is 17.4 Å². The Balaban J connectivity index is 1.45. The topological polar surface area (TPSA) is 82.6 Å². The summed E-state index contributed by atoms with van der Waals surface area (Å²) in [5.74, 6) is 0.894. The molecule has 0 atom stereocenters. The molecule has 4 rings (SSSR count). The first-order chi connectivity index (χ1) is 15.6. The second kappa shape index (κ2) is 9.35. The van der Waals surface area contributed by atoms with Crippen molar-refractivity contribution < 1.29 is 18.3 Å². The van der Waals surface area contributed by atoms with Gasteiger partial charge in [-0.05, 0) is 36.4 Å². The highest BCUT2D eigenvalue weighted by Gasteiger charge is 2.26. The fourth-order valence-corrected chi connectivity index (χ4v) is 3.54. The van der Waals surface area contributed by atoms with Gasteiger partial charge in [0.1, 0.15) is 17.6 Å². The van der Waals surface area contributed by atoms with Crippen molar-refractivity contribution in [3.63, 3.8) is 0 Å². The molecule has 162 valence electrons. The molecular formula is C24H21FN4O3. The molecule has 3 aromatic rings. The Morgan fingerprint density at radius 1 is 1.12 bits per heavy atom. The molecule has 0 radical (unpaired) electrons. The Morgan fingerprint density at radius 2 is 1.84 bits per heavy atom. The minimum absolute atomic E-state index is 0.150. The van der Waals surface area contributed by atoms with Crippen molar-refractivity contribution in [2.75, 3.05) is 38.2 Å². The Hall–Kier alpha value is -4.12. The summed E-state index contributed by atoms with van der Waals surface area (Å²) in [7, 11) is 1.60. The number of rotatable bonds is 5. The molecule has 1 fully saturated rings. The van der Waals surface area contributed by atoms with Gasteiger partial charge in [-0.3, -0.25) is 4.79 Å². The molecule has 0 spiro atoms. The molecule has 0 bridgehead atoms. The Bertz CT molecular complexity index is 1170. The van der Waals surface area contributed by atoms with Crippen LogP contribution in [0.25, 0.3) is 12.2 Å². The quantitative estimate of drug-likeness (QED) is 0.610. The monoisotopic (exact) mass is 432 g/mol. The third kappa shape index (κ3) is 4.47. The molecule has 1 aliphatic heterocycles. The highest BCUT2D eigenvalue weighted by atomic mass is 19.1. The molecule has 1 aromatic heterocycles. The van der Waals surface area contributed by atoms with Crippen LogP contribution in [0, 0.1) is 17.1 Å². The minimum atomic E-state index is -0.378. The third-order valence-corrected chi connectivity index (χ3v) is 5.22. The summed E-state index contributed by atoms with van der Waals surface area (Å²) < 4.78 is 24.3. The van der Waals surface area contributed by atoms with Gasteiger partial charge in [-0.15, -0.1) is 0 Å². The van der Waals surface area contributed by atoms with Gasteiger partial charge in [0.15, 0.2) is 0 Å². The van der Waals surface area contributed by atoms with Crippen LogP contribution in [0.4, 0.5) is 10.3 Å². The first kappa shape index (κ1) is 21.1. The molecule has 7 nitrogen and oxygen atoms in total. The van der Waals surface area contributed by atoms with E-state index < -0.39 is 0 Å². The van der Waals surface area contributed by atoms with Crippen LogP contribution in [0.3, 0.4) is 0 Å². The van der Waals surface area contributed by atoms with E-state index in [1.54, 1.807) is 18.1 Å². The summed E-state index contributed by atoms with van der Waals surface area (Å²) >= 11 is 0. The molecule has 1 saturated heterocycles. The summed E-state index contributed by atoms with van der Waals surface area (Å²) in [5, 5.41) is 9.50. The first-order valence-corrected chi connectivity index (χ1v) is 10.1. The fourth-order valence-electron chi connectivity index (χ4n) is 3.54. The van der Waals surface area contributed by atoms with Crippen molar-refractivity contribution in [1.82, 2.24) is 9.88 Å². The van der Waals surface area contributed by atoms with Crippen molar-refractivity contribution in [3.8, 4) is 11.8 Å². The summed E-state index contributed by atoms with van der Waals surface area (Å²) in [6.45, 7) is 1.89. The Morgan fingerprint density at radius 3 is 2.53 bits per heavy atom. The normalized spacial score (nSPS) is 13.9. The Labute approximate surface area is 185 Å². The molecule has 2 heterocycles. The lowest BCUT2D eigenvalue weighted by atomic mass is 10.2. The van der Waals surface area contributed by atoms with Crippen LogP contribution in [-0.4, -0.2) is 49.1 Å². The zero-order valence-corrected chi connectivity index (χ0v) is 17.5. The first-order valence-electron chi connectivity index (χ1n) is 10.1. The van der Waals surface area contributed by atoms with Gasteiger partial charge in [0, 0.05) is 43.4 Å². The molecule has 0 N–H and O–H groups in total. The van der Waals surface area contributed by atoms with Crippen molar-refractivity contribution in [2.24, 2.45) is 0 Å². The van der Waals surface area contributed by atoms with E-state index in [0.29, 0.717) is 43.5 Å². The number of hydrogen-bond donors (Lipinski definition) is 0. The number of piperazine rings is 1. The number of amides is 1. The van der Waals surface area contributed by atoms with Gasteiger partial charge in [-0.1, -0.05) is 18.2 Å². The van der Waals surface area contributed by atoms with E-state index >= 15 is 0 Å². The largest absolute Gasteiger partial charge is 0.496 e. The molecule has 2 aromatic carbocycles. The van der Waals surface area contributed by atoms with Gasteiger partial charge in [-0.2, -0.15) is 10.2 Å². The van der Waals surface area contributed by atoms with Crippen LogP contribution in [-0.2, 0) is 0 Å². The van der Waals surface area contributed by atoms with E-state index in [0.717, 1.165) is 11.3 Å². The van der Waals surface area contributed by atoms with Crippen molar-refractivity contribution in [3.05, 3.63) is 77.1 Å². The number of hydrogen-bond acceptors (Lipinski definition) is 6. The summed E-state index contributed by atoms with van der Waals surface area (Å²) in [6, 6.07) is 15.1. The maximum Gasteiger partial charge on any atom is 0.253 e. The van der Waals surface area contributed by atoms with E-state index in [1.165, 1.54) is 24.3 Å². The average Bonchev–Trinajstić information content (AvgIpc) is 3.26. The number of anilines is 1. The van der Waals surface area contributed by atoms with Gasteiger partial charge >= 0.3 is 0 Å². The molecule has 0 saturated carbocycles. The zero-order chi connectivity index (χ0) is 22.5. The lowest BCUT2D eigenvalue weighted by Crippen LogP contribution is -2.48. The molecule has 8 heteroatoms. The lowest BCUT2D eigenvalue weighted by molar-refractivity contribution is 0.0745. The molecule has 1 amide bonds. The number of nitriles is 1. The van der Waals surface area contributed by atoms with E-state index in [1.807, 2.05) is 35.2 Å². The highest BCUT2D eigenvalue weighted by Crippen LogP contribution is 2.26. The van der Waals surface area contributed by atoms with Crippen LogP contribution in [0.2, 0.25) is 0 Å². The predicted molar refractivity (Wildman–Crippen MR) is 118 cm³/mol. The summed E-state index contributed by atoms with van der Waals surface area (Å²) in [5.41, 5.74) is 1.50. The number of carbonyl (C=O) groups is 1. The molecular weight excluding hydrogens is 411 g/mol. The zero-order valence-electron chi connectivity index (χ0n) is 17.5. The van der Waals surface area contributed by atoms with Gasteiger partial charge in [0.25, 0.3) is 5.91 Å². The smallest absolute Gasteiger partial charge is 0.253 e. The molecule has 0 aliphatic carbocycles. The number of benzene rings is 2. The van der Waals surface area contributed by atoms with Crippen LogP contribution in [0.5, 0.6) is 5.75 Å². The number of methoxy groups -OCH3 is 1. The number of aromatic nitrogens is 1. The maximum atomic E-state index is 13.1. The SMILES string of the molecule is COc1ccccc1/C=C/c1nc(C#N)c(N2CCN(C(=O)c3ccc(F)cc3)CC2)o1. The number of carbonyl (C=O) groups excluding carboxylic acids is 1. The van der Waals surface area contributed by atoms with Crippen molar-refractivity contribution in [1.29, 1.82) is 5.26 Å². The van der Waals surface area contributed by atoms with Gasteiger partial charge < -0.3 is 19.0 Å². The number of nitrogens with zero attached hydrogens (tertiary/aromatic N) is 4. The van der Waals surface area contributed by atoms with Crippen LogP contribution < -0.4 is 9.64 Å². The van der Waals surface area contributed by atoms with Crippen LogP contribution in [0.15, 0.2) is 52.9 Å². The number of oxazole rings is 1. The fraction of sp³-hybridized carbons (Fsp3) is 0.208. The van der Waals surface area contributed by atoms with Crippen molar-refractivity contribution in [2.45, 2.75) is 0 Å². The van der Waals surface area contributed by atoms with Crippen molar-refractivity contribution >= 4 is 23.9 Å². The van der Waals surface area contributed by atoms with E-state index in [9.17, 15) is 14.4 Å². The minimum Gasteiger partial charge on any atom is -0.496 e. The van der Waals surface area contributed by atoms with Crippen LogP contribution in [0.1, 0.15) is 27.5 Å². The average molecular weight is 432 g/mol. The summed E-state index contributed by atoms with van der Waals surface area (Å²) in [4.78, 5) is 20.5. The predicted octanol–water partition coefficient (Wildman–Crippen LogP) is 3.83. The van der Waals surface area contributed by atoms with Gasteiger partial charge in [0.05, 0.1) is 7.11 Å². The molecule has 0 unspecified atom stereocenters. The Kier molecular flexibility index (Phi) is 6.17. The van der Waals surface area contributed by atoms with Crippen LogP contribution >= 0.6 is 0 Å². The number of halogens is 1. The van der Waals surface area contributed by atoms with Gasteiger partial charge in [-0.25, -0.2) is 4.39 Å². The molecule has 32 heavy (non-hydrogen) atoms. The molecule has 1 aliphatic rings. The summed E-state index contributed by atoms with van der Waals surface area (Å²) in [6.07, 6.45) is 3.51. The maximum absolute atomic E-state index is 13.1. The third-order valence-electron chi connectivity index (χ3n) is 5.22. The number of para-hydroxylation sites is 1.